The molecule has 36 heavy (non-hydrogen) atoms. The van der Waals surface area contributed by atoms with Crippen LogP contribution in [-0.4, -0.2) is 28.7 Å². The van der Waals surface area contributed by atoms with Crippen LogP contribution in [0.1, 0.15) is 77.3 Å². The standard InChI is InChI=1S/C30H32ClNO3S/c1-2-3-4-5-18-36-28-17-10-23(19-27(28)30(34)35)29(33)22-8-13-25(14-9-22)32(26-15-16-26)20-21-6-11-24(31)12-7-21/h6-14,17,19,26H,2-5,15-16,18,20H2,1H3,(H,34,35). The van der Waals surface area contributed by atoms with Crippen molar-refractivity contribution in [3.8, 4) is 0 Å². The van der Waals surface area contributed by atoms with Crippen LogP contribution in [0.25, 0.3) is 0 Å². The third-order valence-corrected chi connectivity index (χ3v) is 7.85. The fourth-order valence-corrected chi connectivity index (χ4v) is 5.41. The minimum absolute atomic E-state index is 0.167. The van der Waals surface area contributed by atoms with E-state index in [0.717, 1.165) is 48.7 Å². The molecule has 0 aromatic heterocycles. The topological polar surface area (TPSA) is 57.6 Å². The SMILES string of the molecule is CCCCCCSc1ccc(C(=O)c2ccc(N(Cc3ccc(Cl)cc3)C3CC3)cc2)cc1C(=O)O. The number of aromatic carboxylic acids is 1. The highest BCUT2D eigenvalue weighted by Crippen LogP contribution is 2.34. The van der Waals surface area contributed by atoms with Gasteiger partial charge in [-0.25, -0.2) is 4.79 Å². The van der Waals surface area contributed by atoms with Crippen molar-refractivity contribution in [3.63, 3.8) is 0 Å². The largest absolute Gasteiger partial charge is 0.478 e. The quantitative estimate of drug-likeness (QED) is 0.140. The number of benzene rings is 3. The minimum Gasteiger partial charge on any atom is -0.478 e. The average Bonchev–Trinajstić information content (AvgIpc) is 3.73. The number of carboxylic acids is 1. The normalized spacial score (nSPS) is 12.9. The van der Waals surface area contributed by atoms with E-state index >= 15 is 0 Å². The van der Waals surface area contributed by atoms with Gasteiger partial charge in [-0.2, -0.15) is 0 Å². The summed E-state index contributed by atoms with van der Waals surface area (Å²) in [7, 11) is 0. The number of anilines is 1. The van der Waals surface area contributed by atoms with E-state index in [1.807, 2.05) is 48.5 Å². The van der Waals surface area contributed by atoms with Crippen LogP contribution in [0.4, 0.5) is 5.69 Å². The molecule has 1 fully saturated rings. The van der Waals surface area contributed by atoms with E-state index in [1.54, 1.807) is 23.9 Å². The number of rotatable bonds is 13. The molecule has 3 aromatic rings. The first kappa shape index (κ1) is 26.3. The summed E-state index contributed by atoms with van der Waals surface area (Å²) < 4.78 is 0. The zero-order valence-corrected chi connectivity index (χ0v) is 22.2. The molecule has 0 spiro atoms. The lowest BCUT2D eigenvalue weighted by Gasteiger charge is -2.25. The maximum Gasteiger partial charge on any atom is 0.336 e. The summed E-state index contributed by atoms with van der Waals surface area (Å²) in [6, 6.07) is 21.1. The summed E-state index contributed by atoms with van der Waals surface area (Å²) in [5, 5.41) is 10.5. The lowest BCUT2D eigenvalue weighted by atomic mass is 10.0. The molecule has 0 aliphatic heterocycles. The van der Waals surface area contributed by atoms with E-state index < -0.39 is 5.97 Å². The Morgan fingerprint density at radius 2 is 1.64 bits per heavy atom. The van der Waals surface area contributed by atoms with Gasteiger partial charge >= 0.3 is 5.97 Å². The van der Waals surface area contributed by atoms with E-state index in [0.29, 0.717) is 22.1 Å². The van der Waals surface area contributed by atoms with Crippen LogP contribution in [0.15, 0.2) is 71.6 Å². The Morgan fingerprint density at radius 3 is 2.28 bits per heavy atom. The summed E-state index contributed by atoms with van der Waals surface area (Å²) in [6.45, 7) is 2.96. The van der Waals surface area contributed by atoms with Crippen LogP contribution in [0.3, 0.4) is 0 Å². The van der Waals surface area contributed by atoms with Crippen molar-refractivity contribution in [2.75, 3.05) is 10.7 Å². The highest BCUT2D eigenvalue weighted by Gasteiger charge is 2.29. The van der Waals surface area contributed by atoms with Crippen LogP contribution in [0.5, 0.6) is 0 Å². The molecule has 0 heterocycles. The number of hydrogen-bond acceptors (Lipinski definition) is 4. The van der Waals surface area contributed by atoms with Crippen LogP contribution >= 0.6 is 23.4 Å². The Balaban J connectivity index is 1.46. The first-order valence-electron chi connectivity index (χ1n) is 12.6. The third-order valence-electron chi connectivity index (χ3n) is 6.44. The minimum atomic E-state index is -1.00. The monoisotopic (exact) mass is 521 g/mol. The van der Waals surface area contributed by atoms with Crippen LogP contribution in [-0.2, 0) is 6.54 Å². The Morgan fingerprint density at radius 1 is 0.944 bits per heavy atom. The summed E-state index contributed by atoms with van der Waals surface area (Å²) >= 11 is 7.59. The molecule has 0 amide bonds. The molecule has 0 saturated heterocycles. The zero-order valence-electron chi connectivity index (χ0n) is 20.6. The number of thioether (sulfide) groups is 1. The van der Waals surface area contributed by atoms with Crippen LogP contribution in [0, 0.1) is 0 Å². The molecule has 1 aliphatic rings. The van der Waals surface area contributed by atoms with Crippen molar-refractivity contribution in [2.24, 2.45) is 0 Å². The molecule has 188 valence electrons. The molecule has 0 atom stereocenters. The van der Waals surface area contributed by atoms with Gasteiger partial charge in [0.15, 0.2) is 5.78 Å². The Kier molecular flexibility index (Phi) is 9.11. The van der Waals surface area contributed by atoms with Crippen molar-refractivity contribution in [2.45, 2.75) is 62.9 Å². The predicted octanol–water partition coefficient (Wildman–Crippen LogP) is 8.11. The van der Waals surface area contributed by atoms with Gasteiger partial charge in [-0.3, -0.25) is 4.79 Å². The van der Waals surface area contributed by atoms with E-state index in [4.69, 9.17) is 11.6 Å². The Labute approximate surface area is 222 Å². The first-order chi connectivity index (χ1) is 17.5. The summed E-state index contributed by atoms with van der Waals surface area (Å²) in [5.74, 6) is -0.291. The molecule has 4 rings (SSSR count). The van der Waals surface area contributed by atoms with E-state index in [9.17, 15) is 14.7 Å². The van der Waals surface area contributed by atoms with E-state index in [1.165, 1.54) is 24.5 Å². The van der Waals surface area contributed by atoms with Crippen LogP contribution < -0.4 is 4.90 Å². The average molecular weight is 522 g/mol. The molecule has 4 nitrogen and oxygen atoms in total. The number of carbonyl (C=O) groups excluding carboxylic acids is 1. The molecule has 1 aliphatic carbocycles. The third kappa shape index (κ3) is 6.92. The fraction of sp³-hybridized carbons (Fsp3) is 0.333. The second kappa shape index (κ2) is 12.5. The van der Waals surface area contributed by atoms with Crippen molar-refractivity contribution in [3.05, 3.63) is 94.0 Å². The van der Waals surface area contributed by atoms with Gasteiger partial charge in [0.2, 0.25) is 0 Å². The summed E-state index contributed by atoms with van der Waals surface area (Å²) in [4.78, 5) is 28.2. The summed E-state index contributed by atoms with van der Waals surface area (Å²) in [5.41, 5.74) is 3.41. The molecular weight excluding hydrogens is 490 g/mol. The smallest absolute Gasteiger partial charge is 0.336 e. The van der Waals surface area contributed by atoms with Gasteiger partial charge < -0.3 is 10.0 Å². The second-order valence-electron chi connectivity index (χ2n) is 9.29. The number of nitrogens with zero attached hydrogens (tertiary/aromatic N) is 1. The van der Waals surface area contributed by atoms with E-state index in [-0.39, 0.29) is 11.3 Å². The van der Waals surface area contributed by atoms with E-state index in [2.05, 4.69) is 11.8 Å². The predicted molar refractivity (Wildman–Crippen MR) is 149 cm³/mol. The number of ketones is 1. The lowest BCUT2D eigenvalue weighted by Crippen LogP contribution is -2.25. The zero-order chi connectivity index (χ0) is 25.5. The molecule has 3 aromatic carbocycles. The van der Waals surface area contributed by atoms with Crippen molar-refractivity contribution in [1.82, 2.24) is 0 Å². The highest BCUT2D eigenvalue weighted by molar-refractivity contribution is 7.99. The molecule has 0 bridgehead atoms. The van der Waals surface area contributed by atoms with Gasteiger partial charge in [0.25, 0.3) is 0 Å². The molecule has 0 unspecified atom stereocenters. The van der Waals surface area contributed by atoms with Gasteiger partial charge in [0, 0.05) is 39.3 Å². The van der Waals surface area contributed by atoms with Crippen molar-refractivity contribution >= 4 is 40.8 Å². The molecule has 1 saturated carbocycles. The number of unbranched alkanes of at least 4 members (excludes halogenated alkanes) is 3. The number of carboxylic acid groups (broad SMARTS) is 1. The van der Waals surface area contributed by atoms with Crippen molar-refractivity contribution < 1.29 is 14.7 Å². The van der Waals surface area contributed by atoms with Crippen molar-refractivity contribution in [1.29, 1.82) is 0 Å². The number of hydrogen-bond donors (Lipinski definition) is 1. The lowest BCUT2D eigenvalue weighted by molar-refractivity contribution is 0.0693. The van der Waals surface area contributed by atoms with Gasteiger partial charge in [0.05, 0.1) is 5.56 Å². The van der Waals surface area contributed by atoms with Gasteiger partial charge in [-0.05, 0) is 85.2 Å². The molecule has 6 heteroatoms. The highest BCUT2D eigenvalue weighted by atomic mass is 35.5. The molecule has 1 N–H and O–H groups in total. The molecule has 0 radical (unpaired) electrons. The van der Waals surface area contributed by atoms with Gasteiger partial charge in [0.1, 0.15) is 0 Å². The Bertz CT molecular complexity index is 1190. The first-order valence-corrected chi connectivity index (χ1v) is 14.0. The summed E-state index contributed by atoms with van der Waals surface area (Å²) in [6.07, 6.45) is 6.89. The van der Waals surface area contributed by atoms with Gasteiger partial charge in [-0.1, -0.05) is 49.9 Å². The molecular formula is C30H32ClNO3S. The number of carbonyl (C=O) groups is 2. The second-order valence-corrected chi connectivity index (χ2v) is 10.9. The number of halogens is 1. The van der Waals surface area contributed by atoms with Gasteiger partial charge in [-0.15, -0.1) is 11.8 Å². The maximum atomic E-state index is 13.2. The fourth-order valence-electron chi connectivity index (χ4n) is 4.25. The Hall–Kier alpha value is -2.76. The maximum absolute atomic E-state index is 13.2. The van der Waals surface area contributed by atoms with Crippen LogP contribution in [0.2, 0.25) is 5.02 Å².